The van der Waals surface area contributed by atoms with Crippen molar-refractivity contribution < 1.29 is 4.79 Å². The van der Waals surface area contributed by atoms with Crippen LogP contribution < -0.4 is 0 Å². The van der Waals surface area contributed by atoms with E-state index in [9.17, 15) is 4.79 Å². The number of Topliss-reactive ketones (excluding diaryl/α,β-unsaturated/α-hetero) is 1. The Labute approximate surface area is 193 Å². The third kappa shape index (κ3) is 12.5. The van der Waals surface area contributed by atoms with Crippen molar-refractivity contribution in [1.82, 2.24) is 4.90 Å². The van der Waals surface area contributed by atoms with Crippen molar-refractivity contribution in [1.29, 1.82) is 0 Å². The SMILES string of the molecule is CCCCCCCCCCCCCCCCCCC1CN(Cc2ccccc2)CC1=O. The van der Waals surface area contributed by atoms with E-state index in [0.717, 1.165) is 19.5 Å². The molecule has 0 spiro atoms. The highest BCUT2D eigenvalue weighted by Crippen LogP contribution is 2.22. The molecule has 1 aromatic carbocycles. The molecule has 1 fully saturated rings. The molecule has 1 aliphatic heterocycles. The van der Waals surface area contributed by atoms with E-state index in [1.807, 2.05) is 0 Å². The maximum atomic E-state index is 12.3. The summed E-state index contributed by atoms with van der Waals surface area (Å²) in [6, 6.07) is 10.5. The van der Waals surface area contributed by atoms with Crippen molar-refractivity contribution in [3.63, 3.8) is 0 Å². The molecule has 0 N–H and O–H groups in total. The van der Waals surface area contributed by atoms with Crippen LogP contribution in [0.5, 0.6) is 0 Å². The Bertz CT molecular complexity index is 555. The first-order chi connectivity index (χ1) is 15.3. The molecular weight excluding hydrogens is 378 g/mol. The normalized spacial score (nSPS) is 16.9. The fourth-order valence-corrected chi connectivity index (χ4v) is 4.98. The zero-order valence-corrected chi connectivity index (χ0v) is 20.5. The van der Waals surface area contributed by atoms with Crippen LogP contribution in [0.4, 0.5) is 0 Å². The molecule has 0 radical (unpaired) electrons. The van der Waals surface area contributed by atoms with Crippen LogP contribution in [0.25, 0.3) is 0 Å². The van der Waals surface area contributed by atoms with E-state index in [1.165, 1.54) is 108 Å². The third-order valence-electron chi connectivity index (χ3n) is 6.97. The van der Waals surface area contributed by atoms with Gasteiger partial charge in [0.05, 0.1) is 6.54 Å². The summed E-state index contributed by atoms with van der Waals surface area (Å²) in [4.78, 5) is 14.7. The largest absolute Gasteiger partial charge is 0.298 e. The summed E-state index contributed by atoms with van der Waals surface area (Å²) in [5.74, 6) is 0.757. The van der Waals surface area contributed by atoms with E-state index in [-0.39, 0.29) is 5.92 Å². The summed E-state index contributed by atoms with van der Waals surface area (Å²) >= 11 is 0. The van der Waals surface area contributed by atoms with E-state index in [1.54, 1.807) is 0 Å². The van der Waals surface area contributed by atoms with Crippen molar-refractivity contribution in [3.8, 4) is 0 Å². The number of nitrogens with zero attached hydrogens (tertiary/aromatic N) is 1. The molecule has 2 heteroatoms. The molecular formula is C29H49NO. The molecule has 2 rings (SSSR count). The molecule has 0 aliphatic carbocycles. The Morgan fingerprint density at radius 2 is 1.19 bits per heavy atom. The number of rotatable bonds is 19. The second kappa shape index (κ2) is 17.4. The van der Waals surface area contributed by atoms with Crippen LogP contribution in [0, 0.1) is 5.92 Å². The Hall–Kier alpha value is -1.15. The summed E-state index contributed by atoms with van der Waals surface area (Å²) in [5.41, 5.74) is 1.32. The number of likely N-dealkylation sites (tertiary alicyclic amines) is 1. The minimum absolute atomic E-state index is 0.287. The summed E-state index contributed by atoms with van der Waals surface area (Å²) in [6.07, 6.45) is 23.6. The standard InChI is InChI=1S/C29H49NO/c1-2-3-4-5-6-7-8-9-10-11-12-13-14-15-16-20-23-28-25-30(26-29(28)31)24-27-21-18-17-19-22-27/h17-19,21-22,28H,2-16,20,23-26H2,1H3. The van der Waals surface area contributed by atoms with Gasteiger partial charge in [0, 0.05) is 19.0 Å². The Morgan fingerprint density at radius 1 is 0.710 bits per heavy atom. The molecule has 1 aromatic rings. The first-order valence-electron chi connectivity index (χ1n) is 13.6. The maximum Gasteiger partial charge on any atom is 0.151 e. The van der Waals surface area contributed by atoms with Gasteiger partial charge in [-0.3, -0.25) is 9.69 Å². The van der Waals surface area contributed by atoms with E-state index >= 15 is 0 Å². The predicted molar refractivity (Wildman–Crippen MR) is 134 cm³/mol. The predicted octanol–water partition coefficient (Wildman–Crippen LogP) is 8.34. The second-order valence-corrected chi connectivity index (χ2v) is 9.91. The van der Waals surface area contributed by atoms with Crippen molar-refractivity contribution in [2.45, 2.75) is 123 Å². The molecule has 0 aromatic heterocycles. The van der Waals surface area contributed by atoms with Gasteiger partial charge in [0.1, 0.15) is 0 Å². The lowest BCUT2D eigenvalue weighted by Crippen LogP contribution is -2.20. The Kier molecular flexibility index (Phi) is 14.7. The smallest absolute Gasteiger partial charge is 0.151 e. The van der Waals surface area contributed by atoms with Crippen molar-refractivity contribution >= 4 is 5.78 Å². The quantitative estimate of drug-likeness (QED) is 0.207. The van der Waals surface area contributed by atoms with Gasteiger partial charge in [0.25, 0.3) is 0 Å². The molecule has 31 heavy (non-hydrogen) atoms. The molecule has 1 aliphatic rings. The lowest BCUT2D eigenvalue weighted by molar-refractivity contribution is -0.120. The summed E-state index contributed by atoms with van der Waals surface area (Å²) in [6.45, 7) is 4.83. The van der Waals surface area contributed by atoms with Gasteiger partial charge < -0.3 is 0 Å². The van der Waals surface area contributed by atoms with Gasteiger partial charge in [-0.2, -0.15) is 0 Å². The second-order valence-electron chi connectivity index (χ2n) is 9.91. The highest BCUT2D eigenvalue weighted by molar-refractivity contribution is 5.85. The maximum absolute atomic E-state index is 12.3. The van der Waals surface area contributed by atoms with Crippen molar-refractivity contribution in [3.05, 3.63) is 35.9 Å². The molecule has 0 saturated carbocycles. The van der Waals surface area contributed by atoms with Gasteiger partial charge in [-0.15, -0.1) is 0 Å². The van der Waals surface area contributed by atoms with Crippen LogP contribution in [-0.2, 0) is 11.3 Å². The molecule has 1 unspecified atom stereocenters. The van der Waals surface area contributed by atoms with Gasteiger partial charge in [0.15, 0.2) is 5.78 Å². The monoisotopic (exact) mass is 427 g/mol. The van der Waals surface area contributed by atoms with Crippen molar-refractivity contribution in [2.75, 3.05) is 13.1 Å². The van der Waals surface area contributed by atoms with Crippen LogP contribution in [0.2, 0.25) is 0 Å². The average Bonchev–Trinajstić information content (AvgIpc) is 3.13. The van der Waals surface area contributed by atoms with Gasteiger partial charge in [-0.25, -0.2) is 0 Å². The van der Waals surface area contributed by atoms with E-state index < -0.39 is 0 Å². The van der Waals surface area contributed by atoms with E-state index in [2.05, 4.69) is 42.2 Å². The number of carbonyl (C=O) groups excluding carboxylic acids is 1. The van der Waals surface area contributed by atoms with Gasteiger partial charge in [-0.1, -0.05) is 140 Å². The highest BCUT2D eigenvalue weighted by Gasteiger charge is 2.29. The van der Waals surface area contributed by atoms with E-state index in [4.69, 9.17) is 0 Å². The fraction of sp³-hybridized carbons (Fsp3) is 0.759. The van der Waals surface area contributed by atoms with Gasteiger partial charge in [-0.05, 0) is 12.0 Å². The van der Waals surface area contributed by atoms with Crippen LogP contribution in [0.1, 0.15) is 122 Å². The van der Waals surface area contributed by atoms with E-state index in [0.29, 0.717) is 12.3 Å². The third-order valence-corrected chi connectivity index (χ3v) is 6.97. The van der Waals surface area contributed by atoms with Gasteiger partial charge >= 0.3 is 0 Å². The zero-order valence-electron chi connectivity index (χ0n) is 20.5. The minimum atomic E-state index is 0.287. The molecule has 1 heterocycles. The molecule has 1 atom stereocenters. The van der Waals surface area contributed by atoms with Crippen LogP contribution in [0.15, 0.2) is 30.3 Å². The molecule has 2 nitrogen and oxygen atoms in total. The molecule has 0 amide bonds. The summed E-state index contributed by atoms with van der Waals surface area (Å²) in [5, 5.41) is 0. The summed E-state index contributed by atoms with van der Waals surface area (Å²) < 4.78 is 0. The Balaban J connectivity index is 1.35. The van der Waals surface area contributed by atoms with Crippen LogP contribution >= 0.6 is 0 Å². The topological polar surface area (TPSA) is 20.3 Å². The number of ketones is 1. The Morgan fingerprint density at radius 3 is 1.71 bits per heavy atom. The number of hydrogen-bond donors (Lipinski definition) is 0. The van der Waals surface area contributed by atoms with Gasteiger partial charge in [0.2, 0.25) is 0 Å². The number of unbranched alkanes of at least 4 members (excludes halogenated alkanes) is 15. The number of carbonyl (C=O) groups is 1. The molecule has 0 bridgehead atoms. The number of hydrogen-bond acceptors (Lipinski definition) is 2. The zero-order chi connectivity index (χ0) is 22.0. The van der Waals surface area contributed by atoms with Crippen LogP contribution in [-0.4, -0.2) is 23.8 Å². The lowest BCUT2D eigenvalue weighted by Gasteiger charge is -2.14. The van der Waals surface area contributed by atoms with Crippen molar-refractivity contribution in [2.24, 2.45) is 5.92 Å². The fourth-order valence-electron chi connectivity index (χ4n) is 4.98. The first-order valence-corrected chi connectivity index (χ1v) is 13.6. The molecule has 1 saturated heterocycles. The van der Waals surface area contributed by atoms with Crippen LogP contribution in [0.3, 0.4) is 0 Å². The average molecular weight is 428 g/mol. The lowest BCUT2D eigenvalue weighted by atomic mass is 9.98. The number of benzene rings is 1. The molecule has 176 valence electrons. The highest BCUT2D eigenvalue weighted by atomic mass is 16.1. The summed E-state index contributed by atoms with van der Waals surface area (Å²) in [7, 11) is 0. The first kappa shape index (κ1) is 26.1. The minimum Gasteiger partial charge on any atom is -0.298 e.